The highest BCUT2D eigenvalue weighted by atomic mass is 16.5. The van der Waals surface area contributed by atoms with E-state index in [9.17, 15) is 0 Å². The van der Waals surface area contributed by atoms with Gasteiger partial charge in [0, 0.05) is 24.3 Å². The van der Waals surface area contributed by atoms with Gasteiger partial charge in [0.15, 0.2) is 0 Å². The minimum atomic E-state index is 0.234. The van der Waals surface area contributed by atoms with Gasteiger partial charge in [0.05, 0.1) is 6.10 Å². The molecule has 1 saturated heterocycles. The maximum absolute atomic E-state index is 5.64. The van der Waals surface area contributed by atoms with Crippen LogP contribution in [0.4, 0.5) is 5.95 Å². The van der Waals surface area contributed by atoms with Crippen molar-refractivity contribution in [2.75, 3.05) is 18.5 Å². The summed E-state index contributed by atoms with van der Waals surface area (Å²) in [6.07, 6.45) is 2.43. The van der Waals surface area contributed by atoms with Crippen molar-refractivity contribution in [3.63, 3.8) is 0 Å². The summed E-state index contributed by atoms with van der Waals surface area (Å²) in [4.78, 5) is 4.74. The van der Waals surface area contributed by atoms with Crippen LogP contribution < -0.4 is 5.32 Å². The average molecular weight is 332 g/mol. The molecule has 25 heavy (non-hydrogen) atoms. The lowest BCUT2D eigenvalue weighted by atomic mass is 10.0. The third kappa shape index (κ3) is 3.67. The van der Waals surface area contributed by atoms with Gasteiger partial charge in [-0.25, -0.2) is 4.98 Å². The SMILES string of the molecule is c1ccc(-c2nnc(NCC3CCCO3)nc2-c2ccccc2)cc1. The van der Waals surface area contributed by atoms with Gasteiger partial charge in [0.2, 0.25) is 5.95 Å². The van der Waals surface area contributed by atoms with Crippen LogP contribution in [0.25, 0.3) is 22.5 Å². The van der Waals surface area contributed by atoms with E-state index >= 15 is 0 Å². The molecule has 1 aliphatic heterocycles. The van der Waals surface area contributed by atoms with E-state index in [1.54, 1.807) is 0 Å². The Labute approximate surface area is 147 Å². The topological polar surface area (TPSA) is 59.9 Å². The zero-order valence-corrected chi connectivity index (χ0v) is 13.9. The van der Waals surface area contributed by atoms with E-state index in [-0.39, 0.29) is 6.10 Å². The standard InChI is InChI=1S/C20H20N4O/c1-3-8-15(9-4-1)18-19(16-10-5-2-6-11-16)23-24-20(22-18)21-14-17-12-7-13-25-17/h1-6,8-11,17H,7,12-14H2,(H,21,22,24). The van der Waals surface area contributed by atoms with Gasteiger partial charge in [-0.05, 0) is 12.8 Å². The molecule has 0 saturated carbocycles. The quantitative estimate of drug-likeness (QED) is 0.770. The largest absolute Gasteiger partial charge is 0.376 e. The Bertz CT molecular complexity index is 818. The monoisotopic (exact) mass is 332 g/mol. The highest BCUT2D eigenvalue weighted by Gasteiger charge is 2.17. The van der Waals surface area contributed by atoms with E-state index in [4.69, 9.17) is 9.72 Å². The molecule has 0 spiro atoms. The van der Waals surface area contributed by atoms with E-state index in [0.29, 0.717) is 12.5 Å². The van der Waals surface area contributed by atoms with Crippen LogP contribution in [0.1, 0.15) is 12.8 Å². The zero-order chi connectivity index (χ0) is 16.9. The Morgan fingerprint density at radius 1 is 0.880 bits per heavy atom. The third-order valence-corrected chi connectivity index (χ3v) is 4.29. The normalized spacial score (nSPS) is 16.7. The molecule has 2 aromatic carbocycles. The summed E-state index contributed by atoms with van der Waals surface area (Å²) in [7, 11) is 0. The van der Waals surface area contributed by atoms with Gasteiger partial charge in [-0.3, -0.25) is 0 Å². The Balaban J connectivity index is 1.67. The molecule has 5 nitrogen and oxygen atoms in total. The van der Waals surface area contributed by atoms with Crippen molar-refractivity contribution in [1.29, 1.82) is 0 Å². The van der Waals surface area contributed by atoms with Crippen molar-refractivity contribution in [3.05, 3.63) is 60.7 Å². The maximum atomic E-state index is 5.64. The lowest BCUT2D eigenvalue weighted by molar-refractivity contribution is 0.120. The van der Waals surface area contributed by atoms with E-state index in [1.807, 2.05) is 60.7 Å². The first-order valence-corrected chi connectivity index (χ1v) is 8.61. The molecule has 2 heterocycles. The molecular formula is C20H20N4O. The molecule has 0 bridgehead atoms. The maximum Gasteiger partial charge on any atom is 0.243 e. The molecule has 0 amide bonds. The number of hydrogen-bond acceptors (Lipinski definition) is 5. The zero-order valence-electron chi connectivity index (χ0n) is 13.9. The minimum absolute atomic E-state index is 0.234. The molecule has 3 aromatic rings. The van der Waals surface area contributed by atoms with Gasteiger partial charge < -0.3 is 10.1 Å². The number of ether oxygens (including phenoxy) is 1. The van der Waals surface area contributed by atoms with Gasteiger partial charge in [-0.15, -0.1) is 10.2 Å². The molecule has 1 aliphatic rings. The molecule has 1 unspecified atom stereocenters. The number of aromatic nitrogens is 3. The van der Waals surface area contributed by atoms with Crippen LogP contribution in [0.5, 0.6) is 0 Å². The van der Waals surface area contributed by atoms with E-state index in [2.05, 4.69) is 15.5 Å². The van der Waals surface area contributed by atoms with Crippen molar-refractivity contribution in [3.8, 4) is 22.5 Å². The number of anilines is 1. The van der Waals surface area contributed by atoms with Crippen LogP contribution >= 0.6 is 0 Å². The van der Waals surface area contributed by atoms with Gasteiger partial charge >= 0.3 is 0 Å². The lowest BCUT2D eigenvalue weighted by Gasteiger charge is -2.13. The second-order valence-electron chi connectivity index (χ2n) is 6.08. The van der Waals surface area contributed by atoms with E-state index in [1.165, 1.54) is 0 Å². The van der Waals surface area contributed by atoms with Crippen LogP contribution in [0.3, 0.4) is 0 Å². The van der Waals surface area contributed by atoms with Crippen molar-refractivity contribution in [2.45, 2.75) is 18.9 Å². The number of rotatable bonds is 5. The fourth-order valence-electron chi connectivity index (χ4n) is 3.00. The molecule has 0 aliphatic carbocycles. The molecule has 0 radical (unpaired) electrons. The van der Waals surface area contributed by atoms with Crippen LogP contribution in [-0.4, -0.2) is 34.4 Å². The van der Waals surface area contributed by atoms with Gasteiger partial charge in [-0.1, -0.05) is 60.7 Å². The predicted molar refractivity (Wildman–Crippen MR) is 98.2 cm³/mol. The molecule has 126 valence electrons. The van der Waals surface area contributed by atoms with Crippen molar-refractivity contribution in [2.24, 2.45) is 0 Å². The third-order valence-electron chi connectivity index (χ3n) is 4.29. The van der Waals surface area contributed by atoms with Crippen LogP contribution in [-0.2, 0) is 4.74 Å². The van der Waals surface area contributed by atoms with Crippen LogP contribution in [0.15, 0.2) is 60.7 Å². The summed E-state index contributed by atoms with van der Waals surface area (Å²) in [5, 5.41) is 12.0. The van der Waals surface area contributed by atoms with Crippen molar-refractivity contribution in [1.82, 2.24) is 15.2 Å². The number of benzene rings is 2. The van der Waals surface area contributed by atoms with Gasteiger partial charge in [0.1, 0.15) is 11.4 Å². The Morgan fingerprint density at radius 3 is 2.20 bits per heavy atom. The highest BCUT2D eigenvalue weighted by molar-refractivity contribution is 5.77. The van der Waals surface area contributed by atoms with Crippen molar-refractivity contribution < 1.29 is 4.74 Å². The smallest absolute Gasteiger partial charge is 0.243 e. The Morgan fingerprint density at radius 2 is 1.56 bits per heavy atom. The summed E-state index contributed by atoms with van der Waals surface area (Å²) in [5.41, 5.74) is 3.65. The number of nitrogens with one attached hydrogen (secondary N) is 1. The highest BCUT2D eigenvalue weighted by Crippen LogP contribution is 2.28. The number of hydrogen-bond donors (Lipinski definition) is 1. The first-order chi connectivity index (χ1) is 12.4. The first kappa shape index (κ1) is 15.7. The molecular weight excluding hydrogens is 312 g/mol. The fourth-order valence-corrected chi connectivity index (χ4v) is 3.00. The van der Waals surface area contributed by atoms with Gasteiger partial charge in [0.25, 0.3) is 0 Å². The Kier molecular flexibility index (Phi) is 4.65. The summed E-state index contributed by atoms with van der Waals surface area (Å²) < 4.78 is 5.64. The molecule has 4 rings (SSSR count). The minimum Gasteiger partial charge on any atom is -0.376 e. The second-order valence-corrected chi connectivity index (χ2v) is 6.08. The summed E-state index contributed by atoms with van der Waals surface area (Å²) in [6, 6.07) is 20.1. The summed E-state index contributed by atoms with van der Waals surface area (Å²) >= 11 is 0. The summed E-state index contributed by atoms with van der Waals surface area (Å²) in [6.45, 7) is 1.55. The molecule has 1 N–H and O–H groups in total. The molecule has 1 fully saturated rings. The van der Waals surface area contributed by atoms with Crippen molar-refractivity contribution >= 4 is 5.95 Å². The Hall–Kier alpha value is -2.79. The van der Waals surface area contributed by atoms with Gasteiger partial charge in [-0.2, -0.15) is 0 Å². The lowest BCUT2D eigenvalue weighted by Crippen LogP contribution is -2.20. The predicted octanol–water partition coefficient (Wildman–Crippen LogP) is 3.80. The molecule has 5 heteroatoms. The molecule has 1 aromatic heterocycles. The number of nitrogens with zero attached hydrogens (tertiary/aromatic N) is 3. The fraction of sp³-hybridized carbons (Fsp3) is 0.250. The summed E-state index contributed by atoms with van der Waals surface area (Å²) in [5.74, 6) is 0.536. The second kappa shape index (κ2) is 7.40. The average Bonchev–Trinajstić information content (AvgIpc) is 3.21. The van der Waals surface area contributed by atoms with Crippen LogP contribution in [0, 0.1) is 0 Å². The van der Waals surface area contributed by atoms with E-state index in [0.717, 1.165) is 42.0 Å². The first-order valence-electron chi connectivity index (χ1n) is 8.61. The van der Waals surface area contributed by atoms with Crippen LogP contribution in [0.2, 0.25) is 0 Å². The molecule has 1 atom stereocenters. The van der Waals surface area contributed by atoms with E-state index < -0.39 is 0 Å².